The summed E-state index contributed by atoms with van der Waals surface area (Å²) in [6, 6.07) is 0. The Morgan fingerprint density at radius 3 is 2.62 bits per heavy atom. The average molecular weight is 334 g/mol. The molecule has 1 aliphatic rings. The summed E-state index contributed by atoms with van der Waals surface area (Å²) >= 11 is 0. The van der Waals surface area contributed by atoms with Crippen molar-refractivity contribution in [2.75, 3.05) is 0 Å². The Hall–Kier alpha value is -2.77. The van der Waals surface area contributed by atoms with Crippen LogP contribution in [0.1, 0.15) is 42.0 Å². The molecule has 1 atom stereocenters. The summed E-state index contributed by atoms with van der Waals surface area (Å²) in [6.45, 7) is 5.47. The molecule has 6 N–H and O–H groups in total. The van der Waals surface area contributed by atoms with Gasteiger partial charge >= 0.3 is 5.97 Å². The first-order valence-electron chi connectivity index (χ1n) is 7.52. The highest BCUT2D eigenvalue weighted by molar-refractivity contribution is 5.89. The summed E-state index contributed by atoms with van der Waals surface area (Å²) in [5.41, 5.74) is 12.6. The molecule has 1 aliphatic heterocycles. The van der Waals surface area contributed by atoms with Crippen molar-refractivity contribution in [3.05, 3.63) is 22.3 Å². The van der Waals surface area contributed by atoms with Gasteiger partial charge in [-0.05, 0) is 32.8 Å². The molecule has 0 amide bonds. The van der Waals surface area contributed by atoms with Crippen molar-refractivity contribution in [3.8, 4) is 11.5 Å². The summed E-state index contributed by atoms with van der Waals surface area (Å²) in [4.78, 5) is 10.8. The van der Waals surface area contributed by atoms with E-state index in [-0.39, 0.29) is 18.1 Å². The number of nitrogens with zero attached hydrogens (tertiary/aromatic N) is 2. The van der Waals surface area contributed by atoms with E-state index in [0.717, 1.165) is 5.56 Å². The van der Waals surface area contributed by atoms with E-state index in [0.29, 0.717) is 35.3 Å². The van der Waals surface area contributed by atoms with Crippen LogP contribution in [-0.4, -0.2) is 34.0 Å². The predicted molar refractivity (Wildman–Crippen MR) is 90.6 cm³/mol. The molecular weight excluding hydrogens is 312 g/mol. The number of aliphatic carboxylic acids is 1. The van der Waals surface area contributed by atoms with E-state index in [2.05, 4.69) is 10.2 Å². The maximum absolute atomic E-state index is 10.8. The molecule has 0 radical (unpaired) electrons. The monoisotopic (exact) mass is 334 g/mol. The fourth-order valence-electron chi connectivity index (χ4n) is 2.87. The zero-order valence-electron chi connectivity index (χ0n) is 14.0. The van der Waals surface area contributed by atoms with Gasteiger partial charge in [-0.2, -0.15) is 5.10 Å². The largest absolute Gasteiger partial charge is 0.507 e. The predicted octanol–water partition coefficient (Wildman–Crippen LogP) is 1.17. The summed E-state index contributed by atoms with van der Waals surface area (Å²) in [7, 11) is 0. The molecule has 0 saturated heterocycles. The van der Waals surface area contributed by atoms with Crippen LogP contribution in [0.25, 0.3) is 0 Å². The molecule has 1 aromatic rings. The molecule has 0 spiro atoms. The number of nitrogens with two attached hydrogens (primary N) is 2. The third-order valence-electron chi connectivity index (χ3n) is 4.21. The van der Waals surface area contributed by atoms with Crippen LogP contribution in [0.4, 0.5) is 0 Å². The van der Waals surface area contributed by atoms with Gasteiger partial charge in [0.25, 0.3) is 0 Å². The number of rotatable bonds is 5. The lowest BCUT2D eigenvalue weighted by molar-refractivity contribution is -0.138. The van der Waals surface area contributed by atoms with Gasteiger partial charge in [0.05, 0.1) is 6.21 Å². The molecule has 8 nitrogen and oxygen atoms in total. The number of fused-ring (bicyclic) bond motifs is 1. The number of benzene rings is 1. The van der Waals surface area contributed by atoms with Gasteiger partial charge in [0.1, 0.15) is 17.1 Å². The molecular formula is C16H22N4O4. The van der Waals surface area contributed by atoms with E-state index in [9.17, 15) is 9.90 Å². The first-order chi connectivity index (χ1) is 11.1. The first kappa shape index (κ1) is 17.6. The summed E-state index contributed by atoms with van der Waals surface area (Å²) in [6.07, 6.45) is 2.32. The second-order valence-corrected chi connectivity index (χ2v) is 6.21. The zero-order chi connectivity index (χ0) is 18.1. The van der Waals surface area contributed by atoms with Crippen LogP contribution in [-0.2, 0) is 11.2 Å². The standard InChI is InChI=1S/C16H22N4O4/c1-8-10-6-16(3,5-4-12(21)22)24-14(10)9(2)11(13(8)23)7-19-20-15(17)18/h7,23H,4-6H2,1-3H3,(H,21,22)(H4,17,18,20)/b19-7+. The van der Waals surface area contributed by atoms with Crippen LogP contribution >= 0.6 is 0 Å². The molecule has 1 aromatic carbocycles. The number of ether oxygens (including phenoxy) is 1. The van der Waals surface area contributed by atoms with Gasteiger partial charge in [0.15, 0.2) is 0 Å². The van der Waals surface area contributed by atoms with E-state index in [1.54, 1.807) is 13.8 Å². The van der Waals surface area contributed by atoms with E-state index >= 15 is 0 Å². The number of carboxylic acid groups (broad SMARTS) is 1. The van der Waals surface area contributed by atoms with Gasteiger partial charge in [-0.15, -0.1) is 5.10 Å². The average Bonchev–Trinajstić information content (AvgIpc) is 2.85. The maximum atomic E-state index is 10.8. The Labute approximate surface area is 139 Å². The Kier molecular flexibility index (Phi) is 4.68. The molecule has 0 aromatic heterocycles. The Morgan fingerprint density at radius 1 is 1.38 bits per heavy atom. The Bertz CT molecular complexity index is 738. The van der Waals surface area contributed by atoms with Crippen molar-refractivity contribution in [1.82, 2.24) is 0 Å². The SMILES string of the molecule is Cc1c(O)c(/C=N/N=C(N)N)c(C)c2c1CC(C)(CCC(=O)O)O2. The van der Waals surface area contributed by atoms with Gasteiger partial charge in [-0.1, -0.05) is 0 Å². The summed E-state index contributed by atoms with van der Waals surface area (Å²) in [5, 5.41) is 26.6. The highest BCUT2D eigenvalue weighted by Gasteiger charge is 2.38. The van der Waals surface area contributed by atoms with Crippen molar-refractivity contribution >= 4 is 18.1 Å². The topological polar surface area (TPSA) is 144 Å². The fourth-order valence-corrected chi connectivity index (χ4v) is 2.87. The Morgan fingerprint density at radius 2 is 2.04 bits per heavy atom. The molecule has 130 valence electrons. The number of hydrogen-bond donors (Lipinski definition) is 4. The van der Waals surface area contributed by atoms with E-state index in [1.807, 2.05) is 6.92 Å². The van der Waals surface area contributed by atoms with Crippen molar-refractivity contribution in [2.45, 2.75) is 45.6 Å². The van der Waals surface area contributed by atoms with Crippen LogP contribution in [0.5, 0.6) is 11.5 Å². The van der Waals surface area contributed by atoms with E-state index in [4.69, 9.17) is 21.3 Å². The van der Waals surface area contributed by atoms with Gasteiger partial charge < -0.3 is 26.4 Å². The van der Waals surface area contributed by atoms with Crippen LogP contribution in [0.2, 0.25) is 0 Å². The highest BCUT2D eigenvalue weighted by atomic mass is 16.5. The van der Waals surface area contributed by atoms with Crippen LogP contribution in [0.15, 0.2) is 10.2 Å². The maximum Gasteiger partial charge on any atom is 0.303 e. The second-order valence-electron chi connectivity index (χ2n) is 6.21. The minimum Gasteiger partial charge on any atom is -0.507 e. The lowest BCUT2D eigenvalue weighted by Crippen LogP contribution is -2.31. The fraction of sp³-hybridized carbons (Fsp3) is 0.438. The zero-order valence-corrected chi connectivity index (χ0v) is 14.0. The van der Waals surface area contributed by atoms with Crippen LogP contribution < -0.4 is 16.2 Å². The molecule has 0 fully saturated rings. The molecule has 2 rings (SSSR count). The number of carbonyl (C=O) groups is 1. The summed E-state index contributed by atoms with van der Waals surface area (Å²) < 4.78 is 6.06. The van der Waals surface area contributed by atoms with Gasteiger partial charge in [-0.3, -0.25) is 4.79 Å². The van der Waals surface area contributed by atoms with Gasteiger partial charge in [0, 0.05) is 29.5 Å². The van der Waals surface area contributed by atoms with Gasteiger partial charge in [-0.25, -0.2) is 0 Å². The number of phenolic OH excluding ortho intramolecular Hbond substituents is 1. The first-order valence-corrected chi connectivity index (χ1v) is 7.52. The highest BCUT2D eigenvalue weighted by Crippen LogP contribution is 2.46. The molecule has 0 saturated carbocycles. The number of aromatic hydroxyl groups is 1. The minimum absolute atomic E-state index is 0.0212. The molecule has 8 heteroatoms. The normalized spacial score (nSPS) is 19.1. The van der Waals surface area contributed by atoms with Crippen LogP contribution in [0.3, 0.4) is 0 Å². The summed E-state index contributed by atoms with van der Waals surface area (Å²) in [5.74, 6) is -0.299. The van der Waals surface area contributed by atoms with E-state index in [1.165, 1.54) is 6.21 Å². The van der Waals surface area contributed by atoms with Crippen molar-refractivity contribution in [3.63, 3.8) is 0 Å². The molecule has 0 bridgehead atoms. The van der Waals surface area contributed by atoms with Gasteiger partial charge in [0.2, 0.25) is 5.96 Å². The third-order valence-corrected chi connectivity index (χ3v) is 4.21. The Balaban J connectivity index is 2.41. The van der Waals surface area contributed by atoms with E-state index < -0.39 is 11.6 Å². The molecule has 1 heterocycles. The molecule has 0 aliphatic carbocycles. The smallest absolute Gasteiger partial charge is 0.303 e. The molecule has 1 unspecified atom stereocenters. The lowest BCUT2D eigenvalue weighted by Gasteiger charge is -2.23. The van der Waals surface area contributed by atoms with Crippen LogP contribution in [0, 0.1) is 13.8 Å². The number of guanidine groups is 1. The number of phenols is 1. The molecule has 24 heavy (non-hydrogen) atoms. The quantitative estimate of drug-likeness (QED) is 0.361. The second kappa shape index (κ2) is 6.38. The van der Waals surface area contributed by atoms with Crippen molar-refractivity contribution < 1.29 is 19.7 Å². The van der Waals surface area contributed by atoms with Crippen molar-refractivity contribution in [1.29, 1.82) is 0 Å². The van der Waals surface area contributed by atoms with Crippen molar-refractivity contribution in [2.24, 2.45) is 21.7 Å². The number of carboxylic acids is 1. The number of hydrogen-bond acceptors (Lipinski definition) is 5. The lowest BCUT2D eigenvalue weighted by atomic mass is 9.90. The minimum atomic E-state index is -0.864. The third kappa shape index (κ3) is 3.42.